The normalized spacial score (nSPS) is 10.8. The standard InChI is InChI=1S/C16H12Cl2N4O3/c17-12-3-1-10(14(18)5-12)7-19-16(23)9-21-15-6-13(22(24)25)4-2-11(15)8-20-21/h1-6,8H,7,9H2,(H,19,23). The van der Waals surface area contributed by atoms with Gasteiger partial charge in [0.1, 0.15) is 6.54 Å². The second-order valence-corrected chi connectivity index (χ2v) is 6.16. The molecule has 0 saturated carbocycles. The van der Waals surface area contributed by atoms with Crippen LogP contribution in [0.4, 0.5) is 5.69 Å². The molecular weight excluding hydrogens is 367 g/mol. The van der Waals surface area contributed by atoms with Gasteiger partial charge >= 0.3 is 0 Å². The number of hydrogen-bond donors (Lipinski definition) is 1. The summed E-state index contributed by atoms with van der Waals surface area (Å²) in [5, 5.41) is 19.4. The van der Waals surface area contributed by atoms with Gasteiger partial charge in [0.05, 0.1) is 16.6 Å². The van der Waals surface area contributed by atoms with Crippen molar-refractivity contribution in [1.29, 1.82) is 0 Å². The number of halogens is 2. The molecular formula is C16H12Cl2N4O3. The summed E-state index contributed by atoms with van der Waals surface area (Å²) in [6.45, 7) is 0.185. The van der Waals surface area contributed by atoms with E-state index < -0.39 is 4.92 Å². The third kappa shape index (κ3) is 3.89. The summed E-state index contributed by atoms with van der Waals surface area (Å²) < 4.78 is 1.42. The van der Waals surface area contributed by atoms with E-state index in [0.29, 0.717) is 15.6 Å². The largest absolute Gasteiger partial charge is 0.350 e. The van der Waals surface area contributed by atoms with Crippen LogP contribution in [-0.2, 0) is 17.9 Å². The number of aromatic nitrogens is 2. The van der Waals surface area contributed by atoms with Gasteiger partial charge in [-0.25, -0.2) is 0 Å². The highest BCUT2D eigenvalue weighted by molar-refractivity contribution is 6.35. The fourth-order valence-corrected chi connectivity index (χ4v) is 2.82. The van der Waals surface area contributed by atoms with Crippen LogP contribution in [0.5, 0.6) is 0 Å². The van der Waals surface area contributed by atoms with Crippen molar-refractivity contribution in [2.75, 3.05) is 0 Å². The molecule has 0 aliphatic rings. The third-order valence-corrected chi connectivity index (χ3v) is 4.21. The number of carbonyl (C=O) groups is 1. The Bertz CT molecular complexity index is 971. The first-order chi connectivity index (χ1) is 11.9. The number of nitrogens with zero attached hydrogens (tertiary/aromatic N) is 3. The van der Waals surface area contributed by atoms with E-state index >= 15 is 0 Å². The molecule has 128 valence electrons. The minimum atomic E-state index is -0.487. The van der Waals surface area contributed by atoms with Crippen molar-refractivity contribution < 1.29 is 9.72 Å². The molecule has 0 radical (unpaired) electrons. The number of non-ortho nitro benzene ring substituents is 1. The lowest BCUT2D eigenvalue weighted by atomic mass is 10.2. The molecule has 3 aromatic rings. The molecule has 0 aliphatic carbocycles. The lowest BCUT2D eigenvalue weighted by Gasteiger charge is -2.08. The highest BCUT2D eigenvalue weighted by Gasteiger charge is 2.12. The average molecular weight is 379 g/mol. The van der Waals surface area contributed by atoms with Crippen LogP contribution in [0.3, 0.4) is 0 Å². The van der Waals surface area contributed by atoms with E-state index in [2.05, 4.69) is 10.4 Å². The van der Waals surface area contributed by atoms with Crippen LogP contribution in [0.25, 0.3) is 10.9 Å². The van der Waals surface area contributed by atoms with Gasteiger partial charge in [-0.2, -0.15) is 5.10 Å². The molecule has 0 spiro atoms. The van der Waals surface area contributed by atoms with Crippen LogP contribution in [0.1, 0.15) is 5.56 Å². The smallest absolute Gasteiger partial charge is 0.271 e. The Morgan fingerprint density at radius 3 is 2.76 bits per heavy atom. The quantitative estimate of drug-likeness (QED) is 0.542. The van der Waals surface area contributed by atoms with Gasteiger partial charge in [0.2, 0.25) is 5.91 Å². The number of hydrogen-bond acceptors (Lipinski definition) is 4. The van der Waals surface area contributed by atoms with E-state index in [1.165, 1.54) is 16.8 Å². The zero-order valence-corrected chi connectivity index (χ0v) is 14.3. The molecule has 0 fully saturated rings. The first-order valence-corrected chi connectivity index (χ1v) is 8.00. The number of fused-ring (bicyclic) bond motifs is 1. The molecule has 3 rings (SSSR count). The molecule has 9 heteroatoms. The van der Waals surface area contributed by atoms with Crippen molar-refractivity contribution in [1.82, 2.24) is 15.1 Å². The number of nitro groups is 1. The molecule has 0 saturated heterocycles. The van der Waals surface area contributed by atoms with Crippen molar-refractivity contribution in [3.63, 3.8) is 0 Å². The fraction of sp³-hybridized carbons (Fsp3) is 0.125. The first kappa shape index (κ1) is 17.2. The topological polar surface area (TPSA) is 90.1 Å². The molecule has 1 heterocycles. The van der Waals surface area contributed by atoms with Crippen molar-refractivity contribution >= 4 is 45.7 Å². The number of carbonyl (C=O) groups excluding carboxylic acids is 1. The molecule has 25 heavy (non-hydrogen) atoms. The second kappa shape index (κ2) is 7.08. The molecule has 0 aliphatic heterocycles. The molecule has 1 N–H and O–H groups in total. The summed E-state index contributed by atoms with van der Waals surface area (Å²) in [5.74, 6) is -0.289. The van der Waals surface area contributed by atoms with E-state index in [4.69, 9.17) is 23.2 Å². The Morgan fingerprint density at radius 1 is 1.24 bits per heavy atom. The zero-order chi connectivity index (χ0) is 18.0. The summed E-state index contributed by atoms with van der Waals surface area (Å²) >= 11 is 11.9. The molecule has 1 amide bonds. The number of nitro benzene ring substituents is 1. The summed E-state index contributed by atoms with van der Waals surface area (Å²) in [7, 11) is 0. The highest BCUT2D eigenvalue weighted by atomic mass is 35.5. The monoisotopic (exact) mass is 378 g/mol. The molecule has 0 bridgehead atoms. The van der Waals surface area contributed by atoms with Gasteiger partial charge in [0, 0.05) is 34.1 Å². The maximum atomic E-state index is 12.1. The SMILES string of the molecule is O=C(Cn1ncc2ccc([N+](=O)[O-])cc21)NCc1ccc(Cl)cc1Cl. The lowest BCUT2D eigenvalue weighted by Crippen LogP contribution is -2.27. The van der Waals surface area contributed by atoms with Crippen LogP contribution in [-0.4, -0.2) is 20.6 Å². The van der Waals surface area contributed by atoms with E-state index in [1.54, 1.807) is 30.5 Å². The first-order valence-electron chi connectivity index (χ1n) is 7.24. The Balaban J connectivity index is 1.71. The van der Waals surface area contributed by atoms with Crippen LogP contribution in [0.2, 0.25) is 10.0 Å². The van der Waals surface area contributed by atoms with Crippen LogP contribution in [0.15, 0.2) is 42.6 Å². The minimum Gasteiger partial charge on any atom is -0.350 e. The van der Waals surface area contributed by atoms with Gasteiger partial charge in [-0.1, -0.05) is 29.3 Å². The van der Waals surface area contributed by atoms with Gasteiger partial charge in [-0.3, -0.25) is 19.6 Å². The predicted molar refractivity (Wildman–Crippen MR) is 94.7 cm³/mol. The Kier molecular flexibility index (Phi) is 4.87. The molecule has 2 aromatic carbocycles. The lowest BCUT2D eigenvalue weighted by molar-refractivity contribution is -0.384. The van der Waals surface area contributed by atoms with Crippen LogP contribution in [0, 0.1) is 10.1 Å². The van der Waals surface area contributed by atoms with Crippen molar-refractivity contribution in [2.45, 2.75) is 13.1 Å². The maximum Gasteiger partial charge on any atom is 0.271 e. The van der Waals surface area contributed by atoms with E-state index in [-0.39, 0.29) is 24.7 Å². The Labute approximate surface area is 152 Å². The van der Waals surface area contributed by atoms with Gasteiger partial charge in [-0.05, 0) is 23.8 Å². The summed E-state index contributed by atoms with van der Waals surface area (Å²) in [6.07, 6.45) is 1.56. The van der Waals surface area contributed by atoms with E-state index in [0.717, 1.165) is 10.9 Å². The molecule has 7 nitrogen and oxygen atoms in total. The third-order valence-electron chi connectivity index (χ3n) is 3.62. The maximum absolute atomic E-state index is 12.1. The number of nitrogens with one attached hydrogen (secondary N) is 1. The van der Waals surface area contributed by atoms with E-state index in [1.807, 2.05) is 0 Å². The number of benzene rings is 2. The predicted octanol–water partition coefficient (Wildman–Crippen LogP) is 3.57. The van der Waals surface area contributed by atoms with Crippen molar-refractivity contribution in [2.24, 2.45) is 0 Å². The van der Waals surface area contributed by atoms with Crippen LogP contribution >= 0.6 is 23.2 Å². The van der Waals surface area contributed by atoms with E-state index in [9.17, 15) is 14.9 Å². The molecule has 0 atom stereocenters. The summed E-state index contributed by atoms with van der Waals surface area (Å²) in [6, 6.07) is 9.42. The Hall–Kier alpha value is -2.64. The summed E-state index contributed by atoms with van der Waals surface area (Å²) in [4.78, 5) is 22.6. The average Bonchev–Trinajstić information content (AvgIpc) is 2.96. The second-order valence-electron chi connectivity index (χ2n) is 5.31. The highest BCUT2D eigenvalue weighted by Crippen LogP contribution is 2.21. The van der Waals surface area contributed by atoms with Crippen molar-refractivity contribution in [3.05, 3.63) is 68.3 Å². The summed E-state index contributed by atoms with van der Waals surface area (Å²) in [5.41, 5.74) is 1.21. The minimum absolute atomic E-state index is 0.0531. The molecule has 1 aromatic heterocycles. The van der Waals surface area contributed by atoms with Crippen molar-refractivity contribution in [3.8, 4) is 0 Å². The Morgan fingerprint density at radius 2 is 2.04 bits per heavy atom. The van der Waals surface area contributed by atoms with Crippen LogP contribution < -0.4 is 5.32 Å². The number of rotatable bonds is 5. The zero-order valence-electron chi connectivity index (χ0n) is 12.8. The number of amides is 1. The van der Waals surface area contributed by atoms with Gasteiger partial charge < -0.3 is 5.32 Å². The van der Waals surface area contributed by atoms with Gasteiger partial charge in [0.15, 0.2) is 0 Å². The molecule has 0 unspecified atom stereocenters. The van der Waals surface area contributed by atoms with Gasteiger partial charge in [0.25, 0.3) is 5.69 Å². The van der Waals surface area contributed by atoms with Gasteiger partial charge in [-0.15, -0.1) is 0 Å². The fourth-order valence-electron chi connectivity index (χ4n) is 2.35.